The molecule has 0 aromatic carbocycles. The topological polar surface area (TPSA) is 55.4 Å². The van der Waals surface area contributed by atoms with Crippen molar-refractivity contribution in [3.63, 3.8) is 0 Å². The van der Waals surface area contributed by atoms with Crippen molar-refractivity contribution in [1.82, 2.24) is 5.32 Å². The van der Waals surface area contributed by atoms with Gasteiger partial charge in [-0.1, -0.05) is 6.08 Å². The van der Waals surface area contributed by atoms with Gasteiger partial charge in [-0.2, -0.15) is 0 Å². The van der Waals surface area contributed by atoms with Crippen LogP contribution in [0.1, 0.15) is 27.2 Å². The molecule has 0 aromatic heterocycles. The molecule has 4 nitrogen and oxygen atoms in total. The normalized spacial score (nSPS) is 21.1. The van der Waals surface area contributed by atoms with Crippen molar-refractivity contribution in [1.29, 1.82) is 0 Å². The highest BCUT2D eigenvalue weighted by Crippen LogP contribution is 2.09. The Hall–Kier alpha value is -1.32. The SMILES string of the molecule is CC(C)(C)OC(=O)N[C@@H]1C=CC(=O)C1. The first kappa shape index (κ1) is 10.8. The first-order valence-corrected chi connectivity index (χ1v) is 4.57. The number of carbonyl (C=O) groups excluding carboxylic acids is 2. The summed E-state index contributed by atoms with van der Waals surface area (Å²) in [7, 11) is 0. The standard InChI is InChI=1S/C10H15NO3/c1-10(2,3)14-9(13)11-7-4-5-8(12)6-7/h4-5,7H,6H2,1-3H3,(H,11,13)/t7-/m1/s1. The largest absolute Gasteiger partial charge is 0.444 e. The summed E-state index contributed by atoms with van der Waals surface area (Å²) >= 11 is 0. The van der Waals surface area contributed by atoms with E-state index in [0.717, 1.165) is 0 Å². The van der Waals surface area contributed by atoms with Crippen molar-refractivity contribution in [2.45, 2.75) is 38.8 Å². The molecule has 0 radical (unpaired) electrons. The van der Waals surface area contributed by atoms with Crippen molar-refractivity contribution in [2.75, 3.05) is 0 Å². The molecular formula is C10H15NO3. The maximum Gasteiger partial charge on any atom is 0.408 e. The summed E-state index contributed by atoms with van der Waals surface area (Å²) in [5.74, 6) is 0.0334. The number of hydrogen-bond acceptors (Lipinski definition) is 3. The van der Waals surface area contributed by atoms with Crippen molar-refractivity contribution >= 4 is 11.9 Å². The summed E-state index contributed by atoms with van der Waals surface area (Å²) in [6.45, 7) is 5.38. The zero-order chi connectivity index (χ0) is 10.8. The van der Waals surface area contributed by atoms with Gasteiger partial charge in [-0.05, 0) is 26.8 Å². The van der Waals surface area contributed by atoms with Gasteiger partial charge in [-0.15, -0.1) is 0 Å². The number of ether oxygens (including phenoxy) is 1. The molecule has 78 valence electrons. The van der Waals surface area contributed by atoms with E-state index in [0.29, 0.717) is 6.42 Å². The predicted molar refractivity (Wildman–Crippen MR) is 51.9 cm³/mol. The lowest BCUT2D eigenvalue weighted by Crippen LogP contribution is -2.37. The van der Waals surface area contributed by atoms with Crippen LogP contribution in [0.15, 0.2) is 12.2 Å². The fourth-order valence-electron chi connectivity index (χ4n) is 1.13. The zero-order valence-electron chi connectivity index (χ0n) is 8.66. The third-order valence-corrected chi connectivity index (χ3v) is 1.64. The van der Waals surface area contributed by atoms with E-state index in [9.17, 15) is 9.59 Å². The maximum atomic E-state index is 11.2. The number of ketones is 1. The van der Waals surface area contributed by atoms with E-state index in [1.807, 2.05) is 0 Å². The summed E-state index contributed by atoms with van der Waals surface area (Å²) in [5, 5.41) is 2.60. The van der Waals surface area contributed by atoms with Gasteiger partial charge >= 0.3 is 6.09 Å². The van der Waals surface area contributed by atoms with E-state index in [1.165, 1.54) is 6.08 Å². The number of amides is 1. The molecule has 0 spiro atoms. The van der Waals surface area contributed by atoms with Gasteiger partial charge in [0.05, 0.1) is 6.04 Å². The molecular weight excluding hydrogens is 182 g/mol. The molecule has 1 aliphatic carbocycles. The lowest BCUT2D eigenvalue weighted by molar-refractivity contribution is -0.114. The lowest BCUT2D eigenvalue weighted by Gasteiger charge is -2.21. The Kier molecular flexibility index (Phi) is 2.93. The lowest BCUT2D eigenvalue weighted by atomic mass is 10.2. The third-order valence-electron chi connectivity index (χ3n) is 1.64. The third kappa shape index (κ3) is 3.60. The van der Waals surface area contributed by atoms with Crippen molar-refractivity contribution in [3.05, 3.63) is 12.2 Å². The van der Waals surface area contributed by atoms with Gasteiger partial charge in [0.25, 0.3) is 0 Å². The number of allylic oxidation sites excluding steroid dienone is 1. The van der Waals surface area contributed by atoms with Crippen LogP contribution in [0.3, 0.4) is 0 Å². The molecule has 1 rings (SSSR count). The number of rotatable bonds is 1. The molecule has 1 amide bonds. The fraction of sp³-hybridized carbons (Fsp3) is 0.600. The first-order valence-electron chi connectivity index (χ1n) is 4.57. The Bertz CT molecular complexity index is 276. The minimum atomic E-state index is -0.504. The van der Waals surface area contributed by atoms with E-state index in [-0.39, 0.29) is 11.8 Å². The van der Waals surface area contributed by atoms with E-state index in [4.69, 9.17) is 4.74 Å². The fourth-order valence-corrected chi connectivity index (χ4v) is 1.13. The molecule has 0 fully saturated rings. The van der Waals surface area contributed by atoms with Crippen molar-refractivity contribution in [2.24, 2.45) is 0 Å². The van der Waals surface area contributed by atoms with Crippen molar-refractivity contribution in [3.8, 4) is 0 Å². The van der Waals surface area contributed by atoms with Crippen LogP contribution >= 0.6 is 0 Å². The van der Waals surface area contributed by atoms with Crippen LogP contribution in [0.5, 0.6) is 0 Å². The van der Waals surface area contributed by atoms with E-state index in [2.05, 4.69) is 5.32 Å². The van der Waals surface area contributed by atoms with E-state index < -0.39 is 11.7 Å². The van der Waals surface area contributed by atoms with Crippen LogP contribution < -0.4 is 5.32 Å². The minimum Gasteiger partial charge on any atom is -0.444 e. The molecule has 0 heterocycles. The van der Waals surface area contributed by atoms with Crippen LogP contribution in [-0.2, 0) is 9.53 Å². The quantitative estimate of drug-likeness (QED) is 0.691. The van der Waals surface area contributed by atoms with Crippen LogP contribution in [0, 0.1) is 0 Å². The molecule has 1 aliphatic rings. The molecule has 1 N–H and O–H groups in total. The second kappa shape index (κ2) is 3.82. The van der Waals surface area contributed by atoms with Gasteiger partial charge in [-0.25, -0.2) is 4.79 Å². The van der Waals surface area contributed by atoms with Gasteiger partial charge in [0.1, 0.15) is 5.60 Å². The second-order valence-electron chi connectivity index (χ2n) is 4.28. The maximum absolute atomic E-state index is 11.2. The van der Waals surface area contributed by atoms with Crippen LogP contribution in [0.4, 0.5) is 4.79 Å². The highest BCUT2D eigenvalue weighted by Gasteiger charge is 2.21. The highest BCUT2D eigenvalue weighted by molar-refractivity contribution is 5.93. The Morgan fingerprint density at radius 1 is 1.57 bits per heavy atom. The molecule has 0 saturated carbocycles. The summed E-state index contributed by atoms with van der Waals surface area (Å²) < 4.78 is 5.04. The smallest absolute Gasteiger partial charge is 0.408 e. The predicted octanol–water partition coefficient (Wildman–Crippen LogP) is 1.41. The Morgan fingerprint density at radius 3 is 2.64 bits per heavy atom. The number of nitrogens with one attached hydrogen (secondary N) is 1. The Balaban J connectivity index is 2.35. The van der Waals surface area contributed by atoms with Crippen LogP contribution in [0.25, 0.3) is 0 Å². The molecule has 0 bridgehead atoms. The molecule has 4 heteroatoms. The molecule has 1 atom stereocenters. The van der Waals surface area contributed by atoms with Crippen molar-refractivity contribution < 1.29 is 14.3 Å². The summed E-state index contributed by atoms with van der Waals surface area (Å²) in [6, 6.07) is -0.211. The first-order chi connectivity index (χ1) is 6.37. The monoisotopic (exact) mass is 197 g/mol. The van der Waals surface area contributed by atoms with Gasteiger partial charge in [0.2, 0.25) is 0 Å². The Labute approximate surface area is 83.3 Å². The van der Waals surface area contributed by atoms with E-state index in [1.54, 1.807) is 26.8 Å². The molecule has 0 aromatic rings. The summed E-state index contributed by atoms with van der Waals surface area (Å²) in [6.07, 6.45) is 3.00. The Morgan fingerprint density at radius 2 is 2.21 bits per heavy atom. The van der Waals surface area contributed by atoms with E-state index >= 15 is 0 Å². The molecule has 0 unspecified atom stereocenters. The number of alkyl carbamates (subject to hydrolysis) is 1. The number of hydrogen-bond donors (Lipinski definition) is 1. The number of carbonyl (C=O) groups is 2. The molecule has 0 aliphatic heterocycles. The minimum absolute atomic E-state index is 0.0334. The van der Waals surface area contributed by atoms with Gasteiger partial charge < -0.3 is 10.1 Å². The van der Waals surface area contributed by atoms with Gasteiger partial charge in [0, 0.05) is 6.42 Å². The zero-order valence-corrected chi connectivity index (χ0v) is 8.66. The summed E-state index contributed by atoms with van der Waals surface area (Å²) in [5.41, 5.74) is -0.504. The van der Waals surface area contributed by atoms with Crippen LogP contribution in [0.2, 0.25) is 0 Å². The average Bonchev–Trinajstić information content (AvgIpc) is 2.30. The molecule has 14 heavy (non-hydrogen) atoms. The second-order valence-corrected chi connectivity index (χ2v) is 4.28. The molecule has 0 saturated heterocycles. The van der Waals surface area contributed by atoms with Crippen LogP contribution in [-0.4, -0.2) is 23.5 Å². The van der Waals surface area contributed by atoms with Gasteiger partial charge in [0.15, 0.2) is 5.78 Å². The highest BCUT2D eigenvalue weighted by atomic mass is 16.6. The average molecular weight is 197 g/mol. The summed E-state index contributed by atoms with van der Waals surface area (Å²) in [4.78, 5) is 22.1. The van der Waals surface area contributed by atoms with Gasteiger partial charge in [-0.3, -0.25) is 4.79 Å².